The van der Waals surface area contributed by atoms with Gasteiger partial charge in [-0.25, -0.2) is 0 Å². The molecule has 20 heavy (non-hydrogen) atoms. The van der Waals surface area contributed by atoms with Crippen molar-refractivity contribution in [1.82, 2.24) is 14.9 Å². The van der Waals surface area contributed by atoms with Crippen LogP contribution in [0.1, 0.15) is 41.9 Å². The van der Waals surface area contributed by atoms with Gasteiger partial charge in [-0.2, -0.15) is 0 Å². The molecule has 0 radical (unpaired) electrons. The molecule has 4 nitrogen and oxygen atoms in total. The zero-order valence-electron chi connectivity index (χ0n) is 12.0. The van der Waals surface area contributed by atoms with E-state index in [-0.39, 0.29) is 6.04 Å². The molecule has 2 aromatic rings. The lowest BCUT2D eigenvalue weighted by Crippen LogP contribution is -2.19. The molecule has 0 aliphatic heterocycles. The quantitative estimate of drug-likeness (QED) is 0.916. The van der Waals surface area contributed by atoms with Crippen molar-refractivity contribution in [2.45, 2.75) is 25.8 Å². The van der Waals surface area contributed by atoms with Crippen molar-refractivity contribution < 1.29 is 4.74 Å². The Balaban J connectivity index is 2.52. The maximum absolute atomic E-state index is 6.13. The van der Waals surface area contributed by atoms with Gasteiger partial charge in [0.15, 0.2) is 0 Å². The largest absolute Gasteiger partial charge is 0.496 e. The highest BCUT2D eigenvalue weighted by Gasteiger charge is 2.24. The SMILES string of the molecule is CNC(c1cc(Cl)ccc1OC)c1snnc1C(C)C. The Bertz CT molecular complexity index is 586. The van der Waals surface area contributed by atoms with E-state index in [1.165, 1.54) is 11.5 Å². The van der Waals surface area contributed by atoms with Crippen LogP contribution in [0.25, 0.3) is 0 Å². The van der Waals surface area contributed by atoms with Crippen LogP contribution in [-0.4, -0.2) is 23.7 Å². The van der Waals surface area contributed by atoms with Gasteiger partial charge in [0.2, 0.25) is 0 Å². The highest BCUT2D eigenvalue weighted by Crippen LogP contribution is 2.36. The van der Waals surface area contributed by atoms with E-state index in [1.807, 2.05) is 25.2 Å². The molecular formula is C14H18ClN3OS. The first-order valence-electron chi connectivity index (χ1n) is 6.41. The van der Waals surface area contributed by atoms with Crippen LogP contribution in [0.5, 0.6) is 5.75 Å². The summed E-state index contributed by atoms with van der Waals surface area (Å²) in [6.45, 7) is 4.23. The third kappa shape index (κ3) is 2.95. The number of nitrogens with zero attached hydrogens (tertiary/aromatic N) is 2. The third-order valence-corrected chi connectivity index (χ3v) is 4.18. The van der Waals surface area contributed by atoms with E-state index in [4.69, 9.17) is 16.3 Å². The molecule has 108 valence electrons. The first-order chi connectivity index (χ1) is 9.58. The summed E-state index contributed by atoms with van der Waals surface area (Å²) >= 11 is 7.54. The maximum Gasteiger partial charge on any atom is 0.124 e. The highest BCUT2D eigenvalue weighted by molar-refractivity contribution is 7.05. The molecule has 0 aliphatic carbocycles. The number of nitrogens with one attached hydrogen (secondary N) is 1. The van der Waals surface area contributed by atoms with Crippen LogP contribution in [0.3, 0.4) is 0 Å². The van der Waals surface area contributed by atoms with Gasteiger partial charge in [-0.15, -0.1) is 5.10 Å². The third-order valence-electron chi connectivity index (χ3n) is 3.14. The predicted octanol–water partition coefficient (Wildman–Crippen LogP) is 3.63. The number of aromatic nitrogens is 2. The number of hydrogen-bond donors (Lipinski definition) is 1. The van der Waals surface area contributed by atoms with Crippen molar-refractivity contribution in [2.75, 3.05) is 14.2 Å². The lowest BCUT2D eigenvalue weighted by atomic mass is 9.99. The van der Waals surface area contributed by atoms with Crippen LogP contribution < -0.4 is 10.1 Å². The maximum atomic E-state index is 6.13. The van der Waals surface area contributed by atoms with Gasteiger partial charge in [0.25, 0.3) is 0 Å². The molecule has 1 unspecified atom stereocenters. The molecule has 0 saturated carbocycles. The summed E-state index contributed by atoms with van der Waals surface area (Å²) in [6, 6.07) is 5.60. The Labute approximate surface area is 128 Å². The van der Waals surface area contributed by atoms with Gasteiger partial charge < -0.3 is 10.1 Å². The second kappa shape index (κ2) is 6.52. The minimum absolute atomic E-state index is 0.0268. The first-order valence-corrected chi connectivity index (χ1v) is 7.56. The van der Waals surface area contributed by atoms with E-state index >= 15 is 0 Å². The second-order valence-corrected chi connectivity index (χ2v) is 6.01. The van der Waals surface area contributed by atoms with Crippen molar-refractivity contribution in [3.8, 4) is 5.75 Å². The number of rotatable bonds is 5. The van der Waals surface area contributed by atoms with Crippen LogP contribution in [0.15, 0.2) is 18.2 Å². The number of methoxy groups -OCH3 is 1. The molecule has 0 aliphatic rings. The van der Waals surface area contributed by atoms with Gasteiger partial charge in [-0.1, -0.05) is 29.9 Å². The van der Waals surface area contributed by atoms with Crippen molar-refractivity contribution in [3.63, 3.8) is 0 Å². The lowest BCUT2D eigenvalue weighted by Gasteiger charge is -2.19. The Morgan fingerprint density at radius 2 is 2.10 bits per heavy atom. The van der Waals surface area contributed by atoms with E-state index < -0.39 is 0 Å². The van der Waals surface area contributed by atoms with Crippen LogP contribution >= 0.6 is 23.1 Å². The number of hydrogen-bond acceptors (Lipinski definition) is 5. The minimum Gasteiger partial charge on any atom is -0.496 e. The van der Waals surface area contributed by atoms with Crippen molar-refractivity contribution in [1.29, 1.82) is 0 Å². The molecule has 1 N–H and O–H groups in total. The topological polar surface area (TPSA) is 47.0 Å². The van der Waals surface area contributed by atoms with Crippen LogP contribution in [-0.2, 0) is 0 Å². The van der Waals surface area contributed by atoms with E-state index in [2.05, 4.69) is 28.8 Å². The molecule has 2 rings (SSSR count). The number of ether oxygens (including phenoxy) is 1. The van der Waals surface area contributed by atoms with Gasteiger partial charge in [0.05, 0.1) is 23.7 Å². The number of halogens is 1. The van der Waals surface area contributed by atoms with E-state index in [1.54, 1.807) is 7.11 Å². The fraction of sp³-hybridized carbons (Fsp3) is 0.429. The Kier molecular flexibility index (Phi) is 4.96. The molecule has 6 heteroatoms. The summed E-state index contributed by atoms with van der Waals surface area (Å²) in [7, 11) is 3.57. The first kappa shape index (κ1) is 15.2. The summed E-state index contributed by atoms with van der Waals surface area (Å²) in [5.74, 6) is 1.13. The van der Waals surface area contributed by atoms with Gasteiger partial charge in [-0.3, -0.25) is 0 Å². The van der Waals surface area contributed by atoms with Gasteiger partial charge in [0, 0.05) is 10.6 Å². The number of benzene rings is 1. The standard InChI is InChI=1S/C14H18ClN3OS/c1-8(2)12-14(20-18-17-12)13(16-3)10-7-9(15)5-6-11(10)19-4/h5-8,13,16H,1-4H3. The molecule has 1 heterocycles. The van der Waals surface area contributed by atoms with Crippen molar-refractivity contribution in [2.24, 2.45) is 0 Å². The van der Waals surface area contributed by atoms with Gasteiger partial charge in [-0.05, 0) is 42.7 Å². The molecule has 1 aromatic heterocycles. The Hall–Kier alpha value is -1.17. The van der Waals surface area contributed by atoms with Gasteiger partial charge >= 0.3 is 0 Å². The summed E-state index contributed by atoms with van der Waals surface area (Å²) in [5.41, 5.74) is 2.01. The van der Waals surface area contributed by atoms with Gasteiger partial charge in [0.1, 0.15) is 5.75 Å². The van der Waals surface area contributed by atoms with Crippen molar-refractivity contribution in [3.05, 3.63) is 39.4 Å². The second-order valence-electron chi connectivity index (χ2n) is 4.79. The molecule has 0 spiro atoms. The minimum atomic E-state index is -0.0268. The zero-order valence-corrected chi connectivity index (χ0v) is 13.5. The van der Waals surface area contributed by atoms with Crippen molar-refractivity contribution >= 4 is 23.1 Å². The Morgan fingerprint density at radius 3 is 2.70 bits per heavy atom. The summed E-state index contributed by atoms with van der Waals surface area (Å²) in [4.78, 5) is 1.10. The van der Waals surface area contributed by atoms with Crippen LogP contribution in [0.4, 0.5) is 0 Å². The average Bonchev–Trinajstić information content (AvgIpc) is 2.89. The predicted molar refractivity (Wildman–Crippen MR) is 82.9 cm³/mol. The summed E-state index contributed by atoms with van der Waals surface area (Å²) < 4.78 is 9.54. The molecule has 1 aromatic carbocycles. The molecule has 0 saturated heterocycles. The fourth-order valence-electron chi connectivity index (χ4n) is 2.16. The average molecular weight is 312 g/mol. The van der Waals surface area contributed by atoms with Crippen LogP contribution in [0, 0.1) is 0 Å². The van der Waals surface area contributed by atoms with Crippen LogP contribution in [0.2, 0.25) is 5.02 Å². The smallest absolute Gasteiger partial charge is 0.124 e. The Morgan fingerprint density at radius 1 is 1.35 bits per heavy atom. The van der Waals surface area contributed by atoms with E-state index in [0.29, 0.717) is 10.9 Å². The highest BCUT2D eigenvalue weighted by atomic mass is 35.5. The zero-order chi connectivity index (χ0) is 14.7. The molecular weight excluding hydrogens is 294 g/mol. The van der Waals surface area contributed by atoms with E-state index in [0.717, 1.165) is 21.9 Å². The summed E-state index contributed by atoms with van der Waals surface area (Å²) in [6.07, 6.45) is 0. The molecule has 0 amide bonds. The monoisotopic (exact) mass is 311 g/mol. The normalized spacial score (nSPS) is 12.7. The molecule has 0 bridgehead atoms. The lowest BCUT2D eigenvalue weighted by molar-refractivity contribution is 0.405. The van der Waals surface area contributed by atoms with E-state index in [9.17, 15) is 0 Å². The molecule has 1 atom stereocenters. The summed E-state index contributed by atoms with van der Waals surface area (Å²) in [5, 5.41) is 8.24. The molecule has 0 fully saturated rings. The fourth-order valence-corrected chi connectivity index (χ4v) is 3.28.